The van der Waals surface area contributed by atoms with Gasteiger partial charge in [0.1, 0.15) is 23.9 Å². The Morgan fingerprint density at radius 2 is 1.52 bits per heavy atom. The van der Waals surface area contributed by atoms with Gasteiger partial charge < -0.3 is 39.8 Å². The van der Waals surface area contributed by atoms with Gasteiger partial charge in [-0.15, -0.1) is 0 Å². The lowest BCUT2D eigenvalue weighted by Crippen LogP contribution is -2.54. The van der Waals surface area contributed by atoms with Crippen LogP contribution in [0.25, 0.3) is 0 Å². The summed E-state index contributed by atoms with van der Waals surface area (Å²) in [5, 5.41) is 10.1. The summed E-state index contributed by atoms with van der Waals surface area (Å²) < 4.78 is 22.7. The van der Waals surface area contributed by atoms with Gasteiger partial charge >= 0.3 is 5.97 Å². The van der Waals surface area contributed by atoms with Crippen LogP contribution in [0.15, 0.2) is 60.7 Å². The van der Waals surface area contributed by atoms with Gasteiger partial charge in [-0.1, -0.05) is 45.0 Å². The molecule has 4 N–H and O–H groups in total. The second-order valence-corrected chi connectivity index (χ2v) is 18.0. The third kappa shape index (κ3) is 13.0. The Morgan fingerprint density at radius 1 is 0.803 bits per heavy atom. The van der Waals surface area contributed by atoms with E-state index in [4.69, 9.17) is 18.9 Å². The molecule has 0 aromatic heterocycles. The highest BCUT2D eigenvalue weighted by molar-refractivity contribution is 6.38. The van der Waals surface area contributed by atoms with E-state index >= 15 is 0 Å². The number of esters is 1. The zero-order valence-electron chi connectivity index (χ0n) is 40.5. The highest BCUT2D eigenvalue weighted by Crippen LogP contribution is 2.35. The Morgan fingerprint density at radius 3 is 2.24 bits per heavy atom. The van der Waals surface area contributed by atoms with Crippen molar-refractivity contribution in [3.63, 3.8) is 0 Å². The van der Waals surface area contributed by atoms with Gasteiger partial charge in [-0.3, -0.25) is 53.4 Å². The first-order chi connectivity index (χ1) is 34.0. The molecule has 8 amide bonds. The summed E-state index contributed by atoms with van der Waals surface area (Å²) in [7, 11) is 3.07. The number of hydrogen-bond acceptors (Lipinski definition) is 14. The molecule has 3 aromatic rings. The van der Waals surface area contributed by atoms with Crippen molar-refractivity contribution in [1.29, 1.82) is 0 Å². The molecule has 2 saturated heterocycles. The van der Waals surface area contributed by atoms with Gasteiger partial charge in [0.2, 0.25) is 29.4 Å². The van der Waals surface area contributed by atoms with Gasteiger partial charge in [-0.05, 0) is 92.5 Å². The minimum absolute atomic E-state index is 0.00202. The maximum Gasteiger partial charge on any atom is 0.329 e. The van der Waals surface area contributed by atoms with Crippen molar-refractivity contribution in [2.75, 3.05) is 45.8 Å². The number of hydrogen-bond donors (Lipinski definition) is 4. The van der Waals surface area contributed by atoms with Crippen LogP contribution >= 0.6 is 0 Å². The molecule has 6 rings (SSSR count). The Bertz CT molecular complexity index is 2580. The number of rotatable bonds is 22. The quantitative estimate of drug-likeness (QED) is 0.0484. The third-order valence-electron chi connectivity index (χ3n) is 12.8. The number of carbonyl (C=O) groups excluding carboxylic acids is 10. The summed E-state index contributed by atoms with van der Waals surface area (Å²) in [6.45, 7) is 4.98. The molecule has 3 aliphatic rings. The van der Waals surface area contributed by atoms with Crippen molar-refractivity contribution in [3.05, 3.63) is 82.9 Å². The van der Waals surface area contributed by atoms with E-state index < -0.39 is 89.2 Å². The maximum absolute atomic E-state index is 14.0. The first-order valence-corrected chi connectivity index (χ1v) is 23.6. The Labute approximate surface area is 410 Å². The zero-order valence-corrected chi connectivity index (χ0v) is 40.5. The zero-order chi connectivity index (χ0) is 51.4. The average molecular weight is 981 g/mol. The monoisotopic (exact) mass is 980 g/mol. The van der Waals surface area contributed by atoms with E-state index in [1.165, 1.54) is 37.3 Å². The predicted molar refractivity (Wildman–Crippen MR) is 254 cm³/mol. The fraction of sp³-hybridized carbons (Fsp3) is 0.451. The van der Waals surface area contributed by atoms with Crippen LogP contribution in [0.5, 0.6) is 17.2 Å². The summed E-state index contributed by atoms with van der Waals surface area (Å²) in [5.74, 6) is -5.14. The number of anilines is 1. The van der Waals surface area contributed by atoms with E-state index in [0.29, 0.717) is 61.3 Å². The van der Waals surface area contributed by atoms with Crippen molar-refractivity contribution in [1.82, 2.24) is 25.8 Å². The highest BCUT2D eigenvalue weighted by Gasteiger charge is 2.46. The summed E-state index contributed by atoms with van der Waals surface area (Å²) in [5.41, 5.74) is 0.819. The lowest BCUT2D eigenvalue weighted by molar-refractivity contribution is -0.164. The first kappa shape index (κ1) is 52.7. The minimum atomic E-state index is -1.16. The Balaban J connectivity index is 0.998. The average Bonchev–Trinajstić information content (AvgIpc) is 3.62. The molecule has 0 bridgehead atoms. The van der Waals surface area contributed by atoms with E-state index in [-0.39, 0.29) is 62.2 Å². The van der Waals surface area contributed by atoms with Crippen LogP contribution in [0.3, 0.4) is 0 Å². The van der Waals surface area contributed by atoms with Crippen molar-refractivity contribution >= 4 is 64.7 Å². The second-order valence-electron chi connectivity index (χ2n) is 18.0. The molecule has 1 unspecified atom stereocenters. The van der Waals surface area contributed by atoms with E-state index in [9.17, 15) is 47.9 Å². The fourth-order valence-electron chi connectivity index (χ4n) is 8.40. The van der Waals surface area contributed by atoms with Crippen molar-refractivity contribution in [3.8, 4) is 17.2 Å². The van der Waals surface area contributed by atoms with E-state index in [0.717, 1.165) is 10.5 Å². The number of benzene rings is 3. The summed E-state index contributed by atoms with van der Waals surface area (Å²) in [4.78, 5) is 132. The maximum atomic E-state index is 14.0. The number of fused-ring (bicyclic) bond motifs is 1. The normalized spacial score (nSPS) is 17.1. The molecular weight excluding hydrogens is 921 g/mol. The topological polar surface area (TPSA) is 262 Å². The van der Waals surface area contributed by atoms with Crippen molar-refractivity contribution < 1.29 is 66.9 Å². The Hall–Kier alpha value is -7.64. The predicted octanol–water partition coefficient (Wildman–Crippen LogP) is 3.74. The molecule has 3 aromatic carbocycles. The van der Waals surface area contributed by atoms with Gasteiger partial charge in [-0.2, -0.15) is 0 Å². The number of aryl methyl sites for hydroxylation is 1. The fourth-order valence-corrected chi connectivity index (χ4v) is 8.40. The van der Waals surface area contributed by atoms with Crippen LogP contribution in [0.4, 0.5) is 5.69 Å². The van der Waals surface area contributed by atoms with Crippen LogP contribution in [0.1, 0.15) is 117 Å². The number of ether oxygens (including phenoxy) is 4. The molecule has 0 aliphatic carbocycles. The van der Waals surface area contributed by atoms with Crippen LogP contribution in [-0.4, -0.2) is 121 Å². The van der Waals surface area contributed by atoms with Gasteiger partial charge in [0.05, 0.1) is 25.3 Å². The standard InChI is InChI=1S/C51H60N6O14/c1-6-51(2,3)45(62)49(66)56-26-8-7-14-35(56)50(67)71-36(19-16-30-17-20-37(68-4)39(27-30)69-5)31-11-9-12-32(28-31)54-41(59)23-22-40(58)52-24-25-53-43(61)29-70-38-15-10-13-33-44(38)48(65)57(47(33)64)34-18-21-42(60)55-46(34)63/h9-13,15,17,20,27-28,34-36H,6-8,14,16,18-19,21-26,29H2,1-5H3,(H,52,58)(H,53,61)(H,54,59)(H,55,60,63)/t34?,35-,36+/m0/s1. The molecule has 3 atom stereocenters. The molecule has 2 fully saturated rings. The number of carbonyl (C=O) groups is 10. The smallest absolute Gasteiger partial charge is 0.329 e. The molecule has 20 heteroatoms. The number of Topliss-reactive ketones (excluding diaryl/α,β-unsaturated/α-hetero) is 1. The summed E-state index contributed by atoms with van der Waals surface area (Å²) in [6.07, 6.45) is 1.59. The molecule has 0 saturated carbocycles. The van der Waals surface area contributed by atoms with E-state index in [1.807, 2.05) is 19.1 Å². The highest BCUT2D eigenvalue weighted by atomic mass is 16.5. The summed E-state index contributed by atoms with van der Waals surface area (Å²) in [6, 6.07) is 14.4. The van der Waals surface area contributed by atoms with Gasteiger partial charge in [-0.25, -0.2) is 4.79 Å². The third-order valence-corrected chi connectivity index (χ3v) is 12.8. The molecule has 71 heavy (non-hydrogen) atoms. The first-order valence-electron chi connectivity index (χ1n) is 23.6. The number of nitrogens with zero attached hydrogens (tertiary/aromatic N) is 2. The van der Waals surface area contributed by atoms with Gasteiger partial charge in [0, 0.05) is 50.0 Å². The van der Waals surface area contributed by atoms with Crippen LogP contribution < -0.4 is 35.5 Å². The number of amides is 8. The number of piperidine rings is 2. The van der Waals surface area contributed by atoms with Crippen molar-refractivity contribution in [2.24, 2.45) is 5.41 Å². The SMILES string of the molecule is CCC(C)(C)C(=O)C(=O)N1CCCC[C@H]1C(=O)O[C@H](CCc1ccc(OC)c(OC)c1)c1cccc(NC(=O)CCC(=O)NCCNC(=O)COc2cccc3c2C(=O)N(C2CCC(=O)NC2=O)C3=O)c1. The van der Waals surface area contributed by atoms with Crippen LogP contribution in [0, 0.1) is 5.41 Å². The minimum Gasteiger partial charge on any atom is -0.493 e. The largest absolute Gasteiger partial charge is 0.493 e. The van der Waals surface area contributed by atoms with E-state index in [2.05, 4.69) is 21.3 Å². The molecule has 20 nitrogen and oxygen atoms in total. The molecule has 3 heterocycles. The number of nitrogens with one attached hydrogen (secondary N) is 4. The number of likely N-dealkylation sites (tertiary alicyclic amines) is 1. The molecular formula is C51H60N6O14. The van der Waals surface area contributed by atoms with Crippen LogP contribution in [-0.2, 0) is 49.5 Å². The molecule has 0 spiro atoms. The molecule has 378 valence electrons. The molecule has 3 aliphatic heterocycles. The van der Waals surface area contributed by atoms with Crippen LogP contribution in [0.2, 0.25) is 0 Å². The molecule has 0 radical (unpaired) electrons. The summed E-state index contributed by atoms with van der Waals surface area (Å²) >= 11 is 0. The number of imide groups is 2. The van der Waals surface area contributed by atoms with Gasteiger partial charge in [0.25, 0.3) is 23.6 Å². The number of ketones is 1. The Kier molecular flexibility index (Phi) is 17.7. The lowest BCUT2D eigenvalue weighted by atomic mass is 9.84. The van der Waals surface area contributed by atoms with Crippen molar-refractivity contribution in [2.45, 2.75) is 103 Å². The number of methoxy groups -OCH3 is 2. The second kappa shape index (κ2) is 23.8. The van der Waals surface area contributed by atoms with Gasteiger partial charge in [0.15, 0.2) is 18.1 Å². The van der Waals surface area contributed by atoms with E-state index in [1.54, 1.807) is 44.2 Å². The lowest BCUT2D eigenvalue weighted by Gasteiger charge is -2.36.